The van der Waals surface area contributed by atoms with Gasteiger partial charge in [0.2, 0.25) is 11.8 Å². The Morgan fingerprint density at radius 3 is 2.38 bits per heavy atom. The Morgan fingerprint density at radius 1 is 1.03 bits per heavy atom. The number of hydrogen-bond donors (Lipinski definition) is 2. The van der Waals surface area contributed by atoms with E-state index >= 15 is 0 Å². The predicted molar refractivity (Wildman–Crippen MR) is 238 cm³/mol. The zero-order chi connectivity index (χ0) is 45.0. The summed E-state index contributed by atoms with van der Waals surface area (Å²) in [5, 5.41) is 15.2. The summed E-state index contributed by atoms with van der Waals surface area (Å²) in [6, 6.07) is 10.9. The Labute approximate surface area is 375 Å². The van der Waals surface area contributed by atoms with Gasteiger partial charge in [-0.1, -0.05) is 46.2 Å². The van der Waals surface area contributed by atoms with Crippen molar-refractivity contribution in [2.24, 2.45) is 16.7 Å². The number of anilines is 1. The highest BCUT2D eigenvalue weighted by Crippen LogP contribution is 2.55. The first-order valence-electron chi connectivity index (χ1n) is 22.5. The van der Waals surface area contributed by atoms with E-state index in [-0.39, 0.29) is 48.1 Å². The molecule has 0 spiro atoms. The first kappa shape index (κ1) is 44.4. The van der Waals surface area contributed by atoms with E-state index in [2.05, 4.69) is 84.9 Å². The highest BCUT2D eigenvalue weighted by Gasteiger charge is 2.64. The summed E-state index contributed by atoms with van der Waals surface area (Å²) in [5.41, 5.74) is 2.43. The molecule has 2 aromatic carbocycles. The van der Waals surface area contributed by atoms with Gasteiger partial charge < -0.3 is 24.6 Å². The fourth-order valence-electron chi connectivity index (χ4n) is 11.1. The van der Waals surface area contributed by atoms with Gasteiger partial charge in [0.05, 0.1) is 23.0 Å². The molecule has 0 radical (unpaired) electrons. The second kappa shape index (κ2) is 17.4. The molecule has 0 unspecified atom stereocenters. The maximum atomic E-state index is 13.5. The fraction of sp³-hybridized carbons (Fsp3) is 0.562. The third kappa shape index (κ3) is 8.46. The molecule has 2 saturated heterocycles. The number of nitrogens with zero attached hydrogens (tertiary/aromatic N) is 6. The summed E-state index contributed by atoms with van der Waals surface area (Å²) in [7, 11) is 0. The van der Waals surface area contributed by atoms with Crippen molar-refractivity contribution in [3.8, 4) is 17.6 Å². The number of nitriles is 1. The van der Waals surface area contributed by atoms with E-state index in [1.807, 2.05) is 12.1 Å². The molecular formula is C48H59ClN8O6. The Hall–Kier alpha value is -5.26. The van der Waals surface area contributed by atoms with Crippen LogP contribution >= 0.6 is 11.6 Å². The normalized spacial score (nSPS) is 25.2. The first-order valence-corrected chi connectivity index (χ1v) is 22.8. The lowest BCUT2D eigenvalue weighted by atomic mass is 9.49. The predicted octanol–water partition coefficient (Wildman–Crippen LogP) is 6.47. The van der Waals surface area contributed by atoms with E-state index in [1.165, 1.54) is 0 Å². The summed E-state index contributed by atoms with van der Waals surface area (Å²) >= 11 is 6.26. The second-order valence-electron chi connectivity index (χ2n) is 19.5. The van der Waals surface area contributed by atoms with Crippen LogP contribution in [0.5, 0.6) is 11.5 Å². The smallest absolute Gasteiger partial charge is 0.271 e. The zero-order valence-electron chi connectivity index (χ0n) is 37.4. The van der Waals surface area contributed by atoms with E-state index in [1.54, 1.807) is 35.5 Å². The number of aromatic nitrogens is 2. The van der Waals surface area contributed by atoms with Crippen LogP contribution in [0.4, 0.5) is 5.82 Å². The quantitative estimate of drug-likeness (QED) is 0.181. The van der Waals surface area contributed by atoms with Crippen molar-refractivity contribution in [3.05, 3.63) is 75.7 Å². The van der Waals surface area contributed by atoms with Gasteiger partial charge in [0.25, 0.3) is 11.8 Å². The topological polar surface area (TPSA) is 170 Å². The zero-order valence-corrected chi connectivity index (χ0v) is 38.1. The molecular weight excluding hydrogens is 820 g/mol. The summed E-state index contributed by atoms with van der Waals surface area (Å²) in [4.78, 5) is 66.9. The Bertz CT molecular complexity index is 2300. The van der Waals surface area contributed by atoms with Gasteiger partial charge in [-0.3, -0.25) is 29.4 Å². The molecule has 4 fully saturated rings. The molecule has 1 aromatic heterocycles. The first-order chi connectivity index (χ1) is 30.0. The maximum Gasteiger partial charge on any atom is 0.271 e. The SMILES string of the molecule is CCc1c(OC2CC(N(CC3CCN(c4cnc(C(=O)NC5C(C)(C)C(Oc6ccc(C#N)c(Cl)c6)C5(C)C)cn4)CC3)C(C)C)C2)ccc2c1CN([C@@H]1CCC(=O)NC1=O)C2=O. The van der Waals surface area contributed by atoms with Crippen LogP contribution in [0.2, 0.25) is 5.02 Å². The molecule has 4 amide bonds. The van der Waals surface area contributed by atoms with Crippen molar-refractivity contribution >= 4 is 41.0 Å². The Balaban J connectivity index is 0.804. The molecule has 2 saturated carbocycles. The van der Waals surface area contributed by atoms with E-state index < -0.39 is 22.8 Å². The number of ether oxygens (including phenoxy) is 2. The third-order valence-electron chi connectivity index (χ3n) is 14.4. The molecule has 5 aliphatic rings. The number of benzene rings is 2. The number of fused-ring (bicyclic) bond motifs is 1. The van der Waals surface area contributed by atoms with Crippen LogP contribution in [0.15, 0.2) is 42.7 Å². The highest BCUT2D eigenvalue weighted by atomic mass is 35.5. The molecule has 1 atom stereocenters. The molecule has 3 aliphatic heterocycles. The van der Waals surface area contributed by atoms with E-state index in [0.717, 1.165) is 68.0 Å². The van der Waals surface area contributed by atoms with Gasteiger partial charge in [-0.25, -0.2) is 9.97 Å². The number of hydrogen-bond acceptors (Lipinski definition) is 11. The van der Waals surface area contributed by atoms with Crippen molar-refractivity contribution in [2.75, 3.05) is 24.5 Å². The average molecular weight is 880 g/mol. The minimum atomic E-state index is -0.640. The van der Waals surface area contributed by atoms with Crippen LogP contribution in [-0.2, 0) is 22.6 Å². The molecule has 334 valence electrons. The van der Waals surface area contributed by atoms with E-state index in [4.69, 9.17) is 21.1 Å². The van der Waals surface area contributed by atoms with Crippen molar-refractivity contribution in [2.45, 2.75) is 136 Å². The van der Waals surface area contributed by atoms with E-state index in [0.29, 0.717) is 59.3 Å². The molecule has 2 aliphatic carbocycles. The van der Waals surface area contributed by atoms with Gasteiger partial charge in [0, 0.05) is 86.0 Å². The van der Waals surface area contributed by atoms with Crippen LogP contribution in [0.3, 0.4) is 0 Å². The highest BCUT2D eigenvalue weighted by molar-refractivity contribution is 6.31. The van der Waals surface area contributed by atoms with Crippen molar-refractivity contribution in [1.82, 2.24) is 30.4 Å². The van der Waals surface area contributed by atoms with Gasteiger partial charge in [-0.15, -0.1) is 0 Å². The number of carbonyl (C=O) groups is 4. The number of halogens is 1. The Morgan fingerprint density at radius 2 is 1.76 bits per heavy atom. The number of imide groups is 1. The average Bonchev–Trinajstić information content (AvgIpc) is 3.57. The van der Waals surface area contributed by atoms with Crippen LogP contribution in [0, 0.1) is 28.1 Å². The minimum absolute atomic E-state index is 0.0891. The number of nitrogens with one attached hydrogen (secondary N) is 2. The van der Waals surface area contributed by atoms with Crippen molar-refractivity contribution in [3.63, 3.8) is 0 Å². The summed E-state index contributed by atoms with van der Waals surface area (Å²) < 4.78 is 13.0. The Kier molecular flexibility index (Phi) is 12.2. The number of rotatable bonds is 13. The standard InChI is InChI=1S/C48H59ClN8O6/c1-8-33-35-26-57(38-12-14-41(58)53-43(38)60)44(61)34(35)11-13-39(33)62-32-19-30(20-32)56(27(2)3)25-28-15-17-55(18-16-28)40-24-51-37(23-52-40)42(59)54-45-47(4,5)46(48(45,6)7)63-31-10-9-29(22-50)36(49)21-31/h9-11,13,21,23-24,27-28,30,32,38,45-46H,8,12,14-20,25-26H2,1-7H3,(H,54,59)(H,53,58,60)/t30?,32?,38-,45?,46?/m1/s1. The second-order valence-corrected chi connectivity index (χ2v) is 19.9. The van der Waals surface area contributed by atoms with Gasteiger partial charge in [-0.2, -0.15) is 5.26 Å². The van der Waals surface area contributed by atoms with Gasteiger partial charge in [0.15, 0.2) is 0 Å². The van der Waals surface area contributed by atoms with Gasteiger partial charge in [-0.05, 0) is 80.8 Å². The van der Waals surface area contributed by atoms with Crippen LogP contribution in [0.25, 0.3) is 0 Å². The molecule has 2 N–H and O–H groups in total. The number of piperidine rings is 2. The molecule has 3 aromatic rings. The molecule has 4 heterocycles. The lowest BCUT2D eigenvalue weighted by Gasteiger charge is -2.63. The number of carbonyl (C=O) groups excluding carboxylic acids is 4. The molecule has 0 bridgehead atoms. The van der Waals surface area contributed by atoms with Gasteiger partial charge >= 0.3 is 0 Å². The number of amides is 4. The largest absolute Gasteiger partial charge is 0.490 e. The van der Waals surface area contributed by atoms with Crippen LogP contribution in [-0.4, -0.2) is 99.4 Å². The maximum absolute atomic E-state index is 13.5. The summed E-state index contributed by atoms with van der Waals surface area (Å²) in [6.45, 7) is 18.0. The van der Waals surface area contributed by atoms with Gasteiger partial charge in [0.1, 0.15) is 47.3 Å². The fourth-order valence-corrected chi connectivity index (χ4v) is 11.3. The minimum Gasteiger partial charge on any atom is -0.490 e. The third-order valence-corrected chi connectivity index (χ3v) is 14.7. The summed E-state index contributed by atoms with van der Waals surface area (Å²) in [5.74, 6) is 1.58. The lowest BCUT2D eigenvalue weighted by molar-refractivity contribution is -0.164. The van der Waals surface area contributed by atoms with E-state index in [9.17, 15) is 24.4 Å². The lowest BCUT2D eigenvalue weighted by Crippen LogP contribution is -2.74. The monoisotopic (exact) mass is 878 g/mol. The molecule has 15 heteroatoms. The van der Waals surface area contributed by atoms with Crippen molar-refractivity contribution < 1.29 is 28.7 Å². The van der Waals surface area contributed by atoms with Crippen LogP contribution < -0.4 is 25.0 Å². The molecule has 63 heavy (non-hydrogen) atoms. The molecule has 14 nitrogen and oxygen atoms in total. The van der Waals surface area contributed by atoms with Crippen LogP contribution in [0.1, 0.15) is 125 Å². The van der Waals surface area contributed by atoms with Crippen molar-refractivity contribution in [1.29, 1.82) is 5.26 Å². The summed E-state index contributed by atoms with van der Waals surface area (Å²) in [6.07, 6.45) is 8.38. The molecule has 8 rings (SSSR count).